The van der Waals surface area contributed by atoms with Gasteiger partial charge in [0, 0.05) is 0 Å². The maximum absolute atomic E-state index is 11.2. The molecule has 1 aromatic carbocycles. The van der Waals surface area contributed by atoms with Crippen LogP contribution in [0.2, 0.25) is 0 Å². The van der Waals surface area contributed by atoms with E-state index in [0.29, 0.717) is 0 Å². The van der Waals surface area contributed by atoms with E-state index in [1.165, 1.54) is 26.4 Å². The van der Waals surface area contributed by atoms with Crippen molar-refractivity contribution in [2.45, 2.75) is 12.5 Å². The van der Waals surface area contributed by atoms with Crippen LogP contribution in [-0.4, -0.2) is 49.2 Å². The van der Waals surface area contributed by atoms with Gasteiger partial charge in [-0.05, 0) is 12.1 Å². The molecule has 0 aromatic heterocycles. The zero-order valence-corrected chi connectivity index (χ0v) is 13.9. The number of hydrogen-bond acceptors (Lipinski definition) is 7. The number of carboxylic acids is 1. The number of amides is 1. The highest BCUT2D eigenvalue weighted by Gasteiger charge is 2.16. The first-order valence-electron chi connectivity index (χ1n) is 6.26. The number of nitrogens with two attached hydrogens (primary N) is 2. The number of carbonyl (C=O) groups is 4. The molecule has 0 aliphatic rings. The van der Waals surface area contributed by atoms with Gasteiger partial charge in [0.25, 0.3) is 0 Å². The molecule has 0 saturated heterocycles. The fraction of sp³-hybridized carbons (Fsp3) is 0.286. The Morgan fingerprint density at radius 3 is 1.62 bits per heavy atom. The number of carboxylic acid groups (broad SMARTS) is 1. The topological polar surface area (TPSA) is 159 Å². The zero-order valence-electron chi connectivity index (χ0n) is 13.1. The molecule has 0 fully saturated rings. The summed E-state index contributed by atoms with van der Waals surface area (Å²) in [6.45, 7) is 0. The number of rotatable bonds is 5. The van der Waals surface area contributed by atoms with Crippen molar-refractivity contribution in [3.8, 4) is 0 Å². The lowest BCUT2D eigenvalue weighted by Gasteiger charge is -2.04. The molecule has 0 aliphatic carbocycles. The van der Waals surface area contributed by atoms with E-state index in [4.69, 9.17) is 10.8 Å². The van der Waals surface area contributed by atoms with Crippen LogP contribution in [0, 0.1) is 0 Å². The van der Waals surface area contributed by atoms with Gasteiger partial charge in [0.05, 0.1) is 31.8 Å². The lowest BCUT2D eigenvalue weighted by molar-refractivity contribution is -0.140. The van der Waals surface area contributed by atoms with Crippen LogP contribution in [0.3, 0.4) is 0 Å². The Morgan fingerprint density at radius 1 is 1.04 bits per heavy atom. The van der Waals surface area contributed by atoms with Crippen LogP contribution in [-0.2, 0) is 19.1 Å². The molecule has 0 radical (unpaired) electrons. The molecule has 5 N–H and O–H groups in total. The smallest absolute Gasteiger partial charge is 0.338 e. The summed E-state index contributed by atoms with van der Waals surface area (Å²) in [5, 5.41) is 8.10. The van der Waals surface area contributed by atoms with Gasteiger partial charge in [-0.1, -0.05) is 12.1 Å². The van der Waals surface area contributed by atoms with Crippen LogP contribution in [0.25, 0.3) is 0 Å². The highest BCUT2D eigenvalue weighted by Crippen LogP contribution is 2.10. The van der Waals surface area contributed by atoms with Crippen molar-refractivity contribution in [2.24, 2.45) is 11.5 Å². The van der Waals surface area contributed by atoms with E-state index in [1.54, 1.807) is 12.1 Å². The lowest BCUT2D eigenvalue weighted by atomic mass is 10.1. The average Bonchev–Trinajstić information content (AvgIpc) is 2.53. The molecule has 1 amide bonds. The molecule has 9 nitrogen and oxygen atoms in total. The van der Waals surface area contributed by atoms with Gasteiger partial charge in [-0.3, -0.25) is 9.59 Å². The van der Waals surface area contributed by atoms with E-state index >= 15 is 0 Å². The fourth-order valence-electron chi connectivity index (χ4n) is 1.36. The fourth-order valence-corrected chi connectivity index (χ4v) is 1.36. The van der Waals surface area contributed by atoms with E-state index in [9.17, 15) is 19.2 Å². The standard InChI is InChI=1S/C10H10O4.C4H8N2O3.ClH/c1-13-9(11)7-5-3-4-6-8(7)10(12)14-2;5-2(4(8)9)1-3(6)7;/h3-6H,1-2H3;2H,1,5H2,(H2,6,7)(H,8,9);1H. The third-order valence-corrected chi connectivity index (χ3v) is 2.48. The summed E-state index contributed by atoms with van der Waals surface area (Å²) < 4.78 is 9.05. The van der Waals surface area contributed by atoms with Crippen LogP contribution < -0.4 is 11.5 Å². The summed E-state index contributed by atoms with van der Waals surface area (Å²) in [4.78, 5) is 42.3. The number of hydrogen-bond donors (Lipinski definition) is 3. The summed E-state index contributed by atoms with van der Waals surface area (Å²) in [6, 6.07) is 5.16. The van der Waals surface area contributed by atoms with Gasteiger partial charge in [0.1, 0.15) is 6.04 Å². The van der Waals surface area contributed by atoms with E-state index in [-0.39, 0.29) is 30.0 Å². The van der Waals surface area contributed by atoms with Crippen molar-refractivity contribution in [2.75, 3.05) is 14.2 Å². The molecule has 10 heteroatoms. The normalized spacial score (nSPS) is 10.1. The van der Waals surface area contributed by atoms with Gasteiger partial charge >= 0.3 is 17.9 Å². The molecular formula is C14H19ClN2O7. The van der Waals surface area contributed by atoms with E-state index in [1.807, 2.05) is 0 Å². The highest BCUT2D eigenvalue weighted by atomic mass is 35.5. The van der Waals surface area contributed by atoms with Crippen molar-refractivity contribution in [3.63, 3.8) is 0 Å². The Hall–Kier alpha value is -2.65. The van der Waals surface area contributed by atoms with E-state index < -0.39 is 29.9 Å². The Kier molecular flexibility index (Phi) is 11.7. The monoisotopic (exact) mass is 362 g/mol. The van der Waals surface area contributed by atoms with Crippen LogP contribution in [0.15, 0.2) is 24.3 Å². The number of methoxy groups -OCH3 is 2. The van der Waals surface area contributed by atoms with Crippen molar-refractivity contribution in [3.05, 3.63) is 35.4 Å². The Bertz CT molecular complexity index is 557. The highest BCUT2D eigenvalue weighted by molar-refractivity contribution is 6.03. The summed E-state index contributed by atoms with van der Waals surface area (Å²) in [7, 11) is 2.52. The Balaban J connectivity index is 0. The second kappa shape index (κ2) is 11.9. The largest absolute Gasteiger partial charge is 0.480 e. The van der Waals surface area contributed by atoms with Crippen molar-refractivity contribution >= 4 is 36.2 Å². The third-order valence-electron chi connectivity index (χ3n) is 2.48. The van der Waals surface area contributed by atoms with Crippen molar-refractivity contribution in [1.29, 1.82) is 0 Å². The molecule has 0 bridgehead atoms. The molecule has 0 heterocycles. The number of aliphatic carboxylic acids is 1. The Labute approximate surface area is 144 Å². The number of halogens is 1. The average molecular weight is 363 g/mol. The first kappa shape index (κ1) is 23.6. The first-order chi connectivity index (χ1) is 10.7. The predicted molar refractivity (Wildman–Crippen MR) is 85.8 cm³/mol. The predicted octanol–water partition coefficient (Wildman–Crippen LogP) is -0.0447. The van der Waals surface area contributed by atoms with Gasteiger partial charge in [0.2, 0.25) is 5.91 Å². The van der Waals surface area contributed by atoms with Gasteiger partial charge < -0.3 is 26.0 Å². The second-order valence-electron chi connectivity index (χ2n) is 4.14. The minimum absolute atomic E-state index is 0. The molecule has 1 aromatic rings. The SMILES string of the molecule is COC(=O)c1ccccc1C(=O)OC.Cl.NC(=O)CC(N)C(=O)O. The second-order valence-corrected chi connectivity index (χ2v) is 4.14. The molecule has 1 unspecified atom stereocenters. The summed E-state index contributed by atoms with van der Waals surface area (Å²) in [5.74, 6) is -3.02. The maximum atomic E-state index is 11.2. The van der Waals surface area contributed by atoms with Crippen molar-refractivity contribution in [1.82, 2.24) is 0 Å². The van der Waals surface area contributed by atoms with Crippen LogP contribution in [0.5, 0.6) is 0 Å². The van der Waals surface area contributed by atoms with Crippen LogP contribution >= 0.6 is 12.4 Å². The molecule has 1 rings (SSSR count). The van der Waals surface area contributed by atoms with E-state index in [0.717, 1.165) is 0 Å². The van der Waals surface area contributed by atoms with Gasteiger partial charge in [-0.2, -0.15) is 0 Å². The number of esters is 2. The molecular weight excluding hydrogens is 344 g/mol. The molecule has 0 saturated carbocycles. The molecule has 1 atom stereocenters. The molecule has 134 valence electrons. The first-order valence-corrected chi connectivity index (χ1v) is 6.26. The summed E-state index contributed by atoms with van der Waals surface area (Å²) in [6.07, 6.45) is -0.310. The molecule has 0 spiro atoms. The quantitative estimate of drug-likeness (QED) is 0.615. The van der Waals surface area contributed by atoms with Gasteiger partial charge in [-0.25, -0.2) is 9.59 Å². The van der Waals surface area contributed by atoms with Crippen LogP contribution in [0.1, 0.15) is 27.1 Å². The van der Waals surface area contributed by atoms with Gasteiger partial charge in [0.15, 0.2) is 0 Å². The number of ether oxygens (including phenoxy) is 2. The third kappa shape index (κ3) is 8.11. The molecule has 0 aliphatic heterocycles. The van der Waals surface area contributed by atoms with Crippen molar-refractivity contribution < 1.29 is 33.8 Å². The minimum Gasteiger partial charge on any atom is -0.480 e. The van der Waals surface area contributed by atoms with Gasteiger partial charge in [-0.15, -0.1) is 12.4 Å². The number of primary amides is 1. The maximum Gasteiger partial charge on any atom is 0.338 e. The Morgan fingerprint density at radius 2 is 1.42 bits per heavy atom. The van der Waals surface area contributed by atoms with Crippen LogP contribution in [0.4, 0.5) is 0 Å². The number of benzene rings is 1. The lowest BCUT2D eigenvalue weighted by Crippen LogP contribution is -2.34. The van der Waals surface area contributed by atoms with E-state index in [2.05, 4.69) is 15.2 Å². The summed E-state index contributed by atoms with van der Waals surface area (Å²) in [5.41, 5.74) is 9.99. The summed E-state index contributed by atoms with van der Waals surface area (Å²) >= 11 is 0. The zero-order chi connectivity index (χ0) is 18.0. The molecule has 24 heavy (non-hydrogen) atoms. The number of carbonyl (C=O) groups excluding carboxylic acids is 3. The minimum atomic E-state index is -1.21.